The van der Waals surface area contributed by atoms with E-state index in [4.69, 9.17) is 4.55 Å². The van der Waals surface area contributed by atoms with Gasteiger partial charge in [0, 0.05) is 0 Å². The first-order chi connectivity index (χ1) is 6.64. The van der Waals surface area contributed by atoms with Gasteiger partial charge in [-0.05, 0) is 31.6 Å². The van der Waals surface area contributed by atoms with Crippen molar-refractivity contribution in [1.29, 1.82) is 0 Å². The minimum atomic E-state index is -4.15. The highest BCUT2D eigenvalue weighted by atomic mass is 32.2. The lowest BCUT2D eigenvalue weighted by Gasteiger charge is -2.43. The fourth-order valence-electron chi connectivity index (χ4n) is 2.40. The number of hydrogen-bond donors (Lipinski definition) is 2. The lowest BCUT2D eigenvalue weighted by Crippen LogP contribution is -2.49. The Hall–Kier alpha value is -0.130. The standard InChI is InChI=1S/C10H22O4S/c1-5-10(6-2,7-3)9(4,11)8-15(12,13)14/h11H,5-8H2,1-4H3,(H,12,13,14). The van der Waals surface area contributed by atoms with Crippen molar-refractivity contribution in [3.05, 3.63) is 0 Å². The van der Waals surface area contributed by atoms with Crippen molar-refractivity contribution in [3.8, 4) is 0 Å². The Morgan fingerprint density at radius 1 is 1.07 bits per heavy atom. The maximum Gasteiger partial charge on any atom is 0.267 e. The summed E-state index contributed by atoms with van der Waals surface area (Å²) in [5.74, 6) is -0.602. The summed E-state index contributed by atoms with van der Waals surface area (Å²) < 4.78 is 30.5. The molecule has 0 saturated carbocycles. The molecule has 0 aliphatic rings. The molecule has 0 aliphatic heterocycles. The first kappa shape index (κ1) is 14.9. The quantitative estimate of drug-likeness (QED) is 0.692. The molecular weight excluding hydrogens is 216 g/mol. The van der Waals surface area contributed by atoms with Crippen molar-refractivity contribution in [3.63, 3.8) is 0 Å². The van der Waals surface area contributed by atoms with E-state index >= 15 is 0 Å². The van der Waals surface area contributed by atoms with Crippen LogP contribution in [0.4, 0.5) is 0 Å². The van der Waals surface area contributed by atoms with Crippen LogP contribution in [0.25, 0.3) is 0 Å². The molecule has 0 amide bonds. The van der Waals surface area contributed by atoms with Gasteiger partial charge >= 0.3 is 0 Å². The molecule has 0 aliphatic carbocycles. The number of aliphatic hydroxyl groups is 1. The fraction of sp³-hybridized carbons (Fsp3) is 1.00. The zero-order valence-electron chi connectivity index (χ0n) is 9.95. The van der Waals surface area contributed by atoms with Crippen LogP contribution in [0.1, 0.15) is 47.0 Å². The molecule has 0 bridgehead atoms. The smallest absolute Gasteiger partial charge is 0.267 e. The van der Waals surface area contributed by atoms with Crippen LogP contribution in [0, 0.1) is 5.41 Å². The van der Waals surface area contributed by atoms with Crippen LogP contribution in [-0.4, -0.2) is 29.4 Å². The third-order valence-electron chi connectivity index (χ3n) is 3.64. The van der Waals surface area contributed by atoms with Gasteiger partial charge in [0.1, 0.15) is 5.75 Å². The van der Waals surface area contributed by atoms with Crippen LogP contribution in [0.15, 0.2) is 0 Å². The van der Waals surface area contributed by atoms with E-state index in [1.165, 1.54) is 6.92 Å². The van der Waals surface area contributed by atoms with Gasteiger partial charge in [-0.15, -0.1) is 0 Å². The monoisotopic (exact) mass is 238 g/mol. The van der Waals surface area contributed by atoms with Gasteiger partial charge in [0.15, 0.2) is 0 Å². The summed E-state index contributed by atoms with van der Waals surface area (Å²) in [6.45, 7) is 7.25. The van der Waals surface area contributed by atoms with Gasteiger partial charge < -0.3 is 5.11 Å². The Morgan fingerprint density at radius 3 is 1.60 bits per heavy atom. The van der Waals surface area contributed by atoms with Gasteiger partial charge in [0.2, 0.25) is 0 Å². The molecule has 0 saturated heterocycles. The summed E-state index contributed by atoms with van der Waals surface area (Å²) in [7, 11) is -4.15. The normalized spacial score (nSPS) is 17.5. The average Bonchev–Trinajstić information content (AvgIpc) is 2.03. The Bertz CT molecular complexity index is 280. The maximum atomic E-state index is 10.8. The highest BCUT2D eigenvalue weighted by Crippen LogP contribution is 2.42. The Labute approximate surface area is 92.4 Å². The van der Waals surface area contributed by atoms with Gasteiger partial charge in [0.05, 0.1) is 5.60 Å². The third kappa shape index (κ3) is 3.43. The van der Waals surface area contributed by atoms with Crippen molar-refractivity contribution in [1.82, 2.24) is 0 Å². The van der Waals surface area contributed by atoms with Crippen LogP contribution in [0.3, 0.4) is 0 Å². The van der Waals surface area contributed by atoms with Gasteiger partial charge in [-0.1, -0.05) is 20.8 Å². The van der Waals surface area contributed by atoms with E-state index in [1.54, 1.807) is 0 Å². The molecular formula is C10H22O4S. The zero-order chi connectivity index (χ0) is 12.3. The molecule has 2 N–H and O–H groups in total. The van der Waals surface area contributed by atoms with E-state index in [2.05, 4.69) is 0 Å². The molecule has 0 aromatic rings. The predicted molar refractivity (Wildman–Crippen MR) is 60.3 cm³/mol. The van der Waals surface area contributed by atoms with E-state index in [9.17, 15) is 13.5 Å². The molecule has 0 aromatic heterocycles. The summed E-state index contributed by atoms with van der Waals surface area (Å²) in [6.07, 6.45) is 2.05. The van der Waals surface area contributed by atoms with Crippen LogP contribution in [-0.2, 0) is 10.1 Å². The van der Waals surface area contributed by atoms with Crippen molar-refractivity contribution >= 4 is 10.1 Å². The lowest BCUT2D eigenvalue weighted by atomic mass is 9.68. The Kier molecular flexibility index (Phi) is 4.76. The minimum absolute atomic E-state index is 0.456. The topological polar surface area (TPSA) is 74.6 Å². The molecule has 0 aromatic carbocycles. The second-order valence-electron chi connectivity index (χ2n) is 4.34. The van der Waals surface area contributed by atoms with Crippen molar-refractivity contribution in [2.24, 2.45) is 5.41 Å². The SMILES string of the molecule is CCC(CC)(CC)C(C)(O)CS(=O)(=O)O. The third-order valence-corrected chi connectivity index (χ3v) is 4.56. The predicted octanol–water partition coefficient (Wildman–Crippen LogP) is 1.84. The van der Waals surface area contributed by atoms with E-state index < -0.39 is 26.9 Å². The highest BCUT2D eigenvalue weighted by Gasteiger charge is 2.45. The molecule has 5 heteroatoms. The Balaban J connectivity index is 5.12. The summed E-state index contributed by atoms with van der Waals surface area (Å²) in [4.78, 5) is 0. The van der Waals surface area contributed by atoms with Crippen molar-refractivity contribution in [2.75, 3.05) is 5.75 Å². The molecule has 0 fully saturated rings. The minimum Gasteiger partial charge on any atom is -0.388 e. The molecule has 92 valence electrons. The van der Waals surface area contributed by atoms with Crippen LogP contribution in [0.2, 0.25) is 0 Å². The average molecular weight is 238 g/mol. The first-order valence-electron chi connectivity index (χ1n) is 5.31. The van der Waals surface area contributed by atoms with E-state index in [1.807, 2.05) is 20.8 Å². The lowest BCUT2D eigenvalue weighted by molar-refractivity contribution is -0.0615. The number of hydrogen-bond acceptors (Lipinski definition) is 3. The molecule has 1 atom stereocenters. The van der Waals surface area contributed by atoms with Crippen molar-refractivity contribution < 1.29 is 18.1 Å². The summed E-state index contributed by atoms with van der Waals surface area (Å²) in [5.41, 5.74) is -1.85. The summed E-state index contributed by atoms with van der Waals surface area (Å²) in [6, 6.07) is 0. The largest absolute Gasteiger partial charge is 0.388 e. The fourth-order valence-corrected chi connectivity index (χ4v) is 3.42. The number of rotatable bonds is 6. The molecule has 1 unspecified atom stereocenters. The molecule has 4 nitrogen and oxygen atoms in total. The first-order valence-corrected chi connectivity index (χ1v) is 6.92. The van der Waals surface area contributed by atoms with Crippen molar-refractivity contribution in [2.45, 2.75) is 52.6 Å². The molecule has 0 heterocycles. The maximum absolute atomic E-state index is 10.8. The van der Waals surface area contributed by atoms with E-state index in [0.717, 1.165) is 0 Å². The molecule has 0 rings (SSSR count). The van der Waals surface area contributed by atoms with Crippen LogP contribution in [0.5, 0.6) is 0 Å². The highest BCUT2D eigenvalue weighted by molar-refractivity contribution is 7.85. The van der Waals surface area contributed by atoms with Crippen LogP contribution >= 0.6 is 0 Å². The molecule has 0 radical (unpaired) electrons. The molecule has 15 heavy (non-hydrogen) atoms. The van der Waals surface area contributed by atoms with E-state index in [-0.39, 0.29) is 0 Å². The second-order valence-corrected chi connectivity index (χ2v) is 5.79. The zero-order valence-corrected chi connectivity index (χ0v) is 10.8. The van der Waals surface area contributed by atoms with Gasteiger partial charge in [-0.3, -0.25) is 4.55 Å². The summed E-state index contributed by atoms with van der Waals surface area (Å²) >= 11 is 0. The van der Waals surface area contributed by atoms with Gasteiger partial charge in [0.25, 0.3) is 10.1 Å². The van der Waals surface area contributed by atoms with Gasteiger partial charge in [-0.2, -0.15) is 8.42 Å². The summed E-state index contributed by atoms with van der Waals surface area (Å²) in [5, 5.41) is 10.2. The Morgan fingerprint density at radius 2 is 1.40 bits per heavy atom. The molecule has 0 spiro atoms. The van der Waals surface area contributed by atoms with Gasteiger partial charge in [-0.25, -0.2) is 0 Å². The second kappa shape index (κ2) is 4.80. The van der Waals surface area contributed by atoms with Crippen LogP contribution < -0.4 is 0 Å². The van der Waals surface area contributed by atoms with E-state index in [0.29, 0.717) is 19.3 Å².